The summed E-state index contributed by atoms with van der Waals surface area (Å²) in [5, 5.41) is 0.280. The van der Waals surface area contributed by atoms with E-state index < -0.39 is 17.8 Å². The van der Waals surface area contributed by atoms with Crippen molar-refractivity contribution in [3.05, 3.63) is 23.0 Å². The van der Waals surface area contributed by atoms with E-state index in [0.29, 0.717) is 0 Å². The highest BCUT2D eigenvalue weighted by Crippen LogP contribution is 2.31. The van der Waals surface area contributed by atoms with E-state index in [-0.39, 0.29) is 28.2 Å². The zero-order valence-electron chi connectivity index (χ0n) is 12.7. The predicted octanol–water partition coefficient (Wildman–Crippen LogP) is 0.836. The molecule has 0 aromatic carbocycles. The molecule has 1 saturated heterocycles. The van der Waals surface area contributed by atoms with Crippen molar-refractivity contribution in [1.29, 1.82) is 0 Å². The molecule has 0 atom stereocenters. The normalized spacial score (nSPS) is 17.9. The third-order valence-electron chi connectivity index (χ3n) is 2.75. The molecule has 0 radical (unpaired) electrons. The van der Waals surface area contributed by atoms with Crippen LogP contribution in [0.15, 0.2) is 22.3 Å². The summed E-state index contributed by atoms with van der Waals surface area (Å²) in [6, 6.07) is 0. The maximum absolute atomic E-state index is 12.0. The van der Waals surface area contributed by atoms with Crippen LogP contribution in [0.3, 0.4) is 0 Å². The Bertz CT molecular complexity index is 709. The number of methoxy groups -OCH3 is 1. The fraction of sp³-hybridized carbons (Fsp3) is 0.308. The SMILES string of the molecule is CCOC(=O)c1[nH]cnc1N=C1SC(=CC(=O)OC)C(=O)N1C. The number of carbonyl (C=O) groups excluding carboxylic acids is 3. The number of amides is 1. The minimum absolute atomic E-state index is 0.0891. The van der Waals surface area contributed by atoms with Crippen molar-refractivity contribution in [2.75, 3.05) is 20.8 Å². The van der Waals surface area contributed by atoms with Crippen LogP contribution in [0.2, 0.25) is 0 Å². The number of hydrogen-bond acceptors (Lipinski definition) is 8. The van der Waals surface area contributed by atoms with Crippen LogP contribution >= 0.6 is 11.8 Å². The van der Waals surface area contributed by atoms with E-state index in [1.54, 1.807) is 6.92 Å². The smallest absolute Gasteiger partial charge is 0.358 e. The molecule has 1 N–H and O–H groups in total. The molecule has 122 valence electrons. The highest BCUT2D eigenvalue weighted by Gasteiger charge is 2.32. The van der Waals surface area contributed by atoms with Crippen LogP contribution < -0.4 is 0 Å². The monoisotopic (exact) mass is 338 g/mol. The average molecular weight is 338 g/mol. The van der Waals surface area contributed by atoms with Crippen molar-refractivity contribution in [3.8, 4) is 0 Å². The Balaban J connectivity index is 2.29. The van der Waals surface area contributed by atoms with Gasteiger partial charge in [0, 0.05) is 13.1 Å². The number of imidazole rings is 1. The van der Waals surface area contributed by atoms with Crippen LogP contribution in [0.1, 0.15) is 17.4 Å². The van der Waals surface area contributed by atoms with Crippen molar-refractivity contribution in [2.45, 2.75) is 6.92 Å². The summed E-state index contributed by atoms with van der Waals surface area (Å²) in [6.07, 6.45) is 2.39. The molecule has 1 aliphatic heterocycles. The van der Waals surface area contributed by atoms with Gasteiger partial charge in [-0.25, -0.2) is 19.6 Å². The van der Waals surface area contributed by atoms with Crippen LogP contribution in [0.4, 0.5) is 5.82 Å². The van der Waals surface area contributed by atoms with Gasteiger partial charge in [-0.05, 0) is 18.7 Å². The Labute approximate surface area is 135 Å². The maximum Gasteiger partial charge on any atom is 0.358 e. The number of esters is 2. The Morgan fingerprint density at radius 3 is 2.91 bits per heavy atom. The molecule has 1 aromatic heterocycles. The van der Waals surface area contributed by atoms with Gasteiger partial charge in [-0.2, -0.15) is 0 Å². The second-order valence-electron chi connectivity index (χ2n) is 4.21. The predicted molar refractivity (Wildman–Crippen MR) is 82.1 cm³/mol. The third kappa shape index (κ3) is 3.59. The Kier molecular flexibility index (Phi) is 5.16. The van der Waals surface area contributed by atoms with Crippen LogP contribution in [-0.4, -0.2) is 58.6 Å². The third-order valence-corrected chi connectivity index (χ3v) is 3.81. The van der Waals surface area contributed by atoms with Gasteiger partial charge in [0.25, 0.3) is 5.91 Å². The summed E-state index contributed by atoms with van der Waals surface area (Å²) in [5.41, 5.74) is 0.0891. The first-order valence-electron chi connectivity index (χ1n) is 6.52. The molecule has 2 rings (SSSR count). The lowest BCUT2D eigenvalue weighted by atomic mass is 10.4. The van der Waals surface area contributed by atoms with Gasteiger partial charge in [-0.1, -0.05) is 0 Å². The van der Waals surface area contributed by atoms with Gasteiger partial charge in [-0.3, -0.25) is 9.69 Å². The number of hydrogen-bond donors (Lipinski definition) is 1. The average Bonchev–Trinajstić information content (AvgIpc) is 3.09. The fourth-order valence-electron chi connectivity index (χ4n) is 1.63. The van der Waals surface area contributed by atoms with E-state index in [9.17, 15) is 14.4 Å². The molecule has 9 nitrogen and oxygen atoms in total. The second-order valence-corrected chi connectivity index (χ2v) is 5.22. The number of carbonyl (C=O) groups is 3. The van der Waals surface area contributed by atoms with E-state index in [2.05, 4.69) is 19.7 Å². The number of ether oxygens (including phenoxy) is 2. The van der Waals surface area contributed by atoms with E-state index in [0.717, 1.165) is 17.8 Å². The first-order chi connectivity index (χ1) is 11.0. The van der Waals surface area contributed by atoms with Crippen molar-refractivity contribution >= 4 is 40.6 Å². The first kappa shape index (κ1) is 16.7. The number of H-pyrrole nitrogens is 1. The number of thioether (sulfide) groups is 1. The molecule has 2 heterocycles. The van der Waals surface area contributed by atoms with E-state index in [1.807, 2.05) is 0 Å². The van der Waals surface area contributed by atoms with Gasteiger partial charge in [0.2, 0.25) is 0 Å². The van der Waals surface area contributed by atoms with E-state index in [1.165, 1.54) is 25.4 Å². The summed E-state index contributed by atoms with van der Waals surface area (Å²) in [5.74, 6) is -1.52. The molecule has 1 aliphatic rings. The largest absolute Gasteiger partial charge is 0.466 e. The van der Waals surface area contributed by atoms with Crippen molar-refractivity contribution < 1.29 is 23.9 Å². The number of amidine groups is 1. The van der Waals surface area contributed by atoms with Crippen LogP contribution in [0.25, 0.3) is 0 Å². The topological polar surface area (TPSA) is 114 Å². The van der Waals surface area contributed by atoms with Crippen LogP contribution in [-0.2, 0) is 19.1 Å². The van der Waals surface area contributed by atoms with Crippen molar-refractivity contribution in [2.24, 2.45) is 4.99 Å². The van der Waals surface area contributed by atoms with Crippen molar-refractivity contribution in [1.82, 2.24) is 14.9 Å². The Hall–Kier alpha value is -2.62. The Morgan fingerprint density at radius 2 is 2.26 bits per heavy atom. The summed E-state index contributed by atoms with van der Waals surface area (Å²) in [7, 11) is 2.72. The highest BCUT2D eigenvalue weighted by atomic mass is 32.2. The number of nitrogens with one attached hydrogen (secondary N) is 1. The molecule has 23 heavy (non-hydrogen) atoms. The standard InChI is InChI=1S/C13H14N4O5S/c1-4-22-12(20)9-10(15-6-14-9)16-13-17(2)11(19)7(23-13)5-8(18)21-3/h5-6H,4H2,1-3H3,(H,14,15). The fourth-order valence-corrected chi connectivity index (χ4v) is 2.56. The van der Waals surface area contributed by atoms with Crippen LogP contribution in [0, 0.1) is 0 Å². The molecular formula is C13H14N4O5S. The highest BCUT2D eigenvalue weighted by molar-refractivity contribution is 8.18. The molecule has 0 spiro atoms. The molecule has 0 unspecified atom stereocenters. The maximum atomic E-state index is 12.0. The molecule has 10 heteroatoms. The van der Waals surface area contributed by atoms with Gasteiger partial charge < -0.3 is 14.5 Å². The number of rotatable bonds is 4. The number of aromatic nitrogens is 2. The summed E-state index contributed by atoms with van der Waals surface area (Å²) < 4.78 is 9.38. The minimum atomic E-state index is -0.637. The number of likely N-dealkylation sites (N-methyl/N-ethyl adjacent to an activating group) is 1. The Morgan fingerprint density at radius 1 is 1.52 bits per heavy atom. The zero-order valence-corrected chi connectivity index (χ0v) is 13.5. The van der Waals surface area contributed by atoms with Crippen LogP contribution in [0.5, 0.6) is 0 Å². The number of aliphatic imine (C=N–C) groups is 1. The van der Waals surface area contributed by atoms with Gasteiger partial charge >= 0.3 is 11.9 Å². The molecule has 0 aliphatic carbocycles. The first-order valence-corrected chi connectivity index (χ1v) is 7.34. The van der Waals surface area contributed by atoms with Gasteiger partial charge in [0.05, 0.1) is 24.9 Å². The summed E-state index contributed by atoms with van der Waals surface area (Å²) >= 11 is 0.983. The van der Waals surface area contributed by atoms with Crippen molar-refractivity contribution in [3.63, 3.8) is 0 Å². The van der Waals surface area contributed by atoms with Gasteiger partial charge in [-0.15, -0.1) is 0 Å². The van der Waals surface area contributed by atoms with Gasteiger partial charge in [0.15, 0.2) is 16.7 Å². The van der Waals surface area contributed by atoms with E-state index >= 15 is 0 Å². The number of nitrogens with zero attached hydrogens (tertiary/aromatic N) is 3. The summed E-state index contributed by atoms with van der Waals surface area (Å²) in [6.45, 7) is 1.90. The molecule has 0 saturated carbocycles. The lowest BCUT2D eigenvalue weighted by Crippen LogP contribution is -2.24. The molecule has 1 amide bonds. The zero-order chi connectivity index (χ0) is 17.0. The lowest BCUT2D eigenvalue weighted by Gasteiger charge is -2.06. The minimum Gasteiger partial charge on any atom is -0.466 e. The quantitative estimate of drug-likeness (QED) is 0.639. The van der Waals surface area contributed by atoms with E-state index in [4.69, 9.17) is 4.74 Å². The lowest BCUT2D eigenvalue weighted by molar-refractivity contribution is -0.135. The molecule has 1 fully saturated rings. The van der Waals surface area contributed by atoms with Gasteiger partial charge in [0.1, 0.15) is 0 Å². The number of aromatic amines is 1. The summed E-state index contributed by atoms with van der Waals surface area (Å²) in [4.78, 5) is 47.3. The molecule has 1 aromatic rings. The second kappa shape index (κ2) is 7.09. The molecular weight excluding hydrogens is 324 g/mol. The molecule has 0 bridgehead atoms.